The Labute approximate surface area is 55.3 Å². The molecule has 0 aromatic carbocycles. The Kier molecular flexibility index (Phi) is 2.16. The van der Waals surface area contributed by atoms with Crippen LogP contribution in [-0.2, 0) is 0 Å². The number of hydrogen-bond acceptors (Lipinski definition) is 0. The zero-order valence-corrected chi connectivity index (χ0v) is 6.57. The maximum absolute atomic E-state index is 3.94. The molecule has 0 bridgehead atoms. The maximum atomic E-state index is 3.94. The van der Waals surface area contributed by atoms with Gasteiger partial charge in [-0.3, -0.25) is 0 Å². The Morgan fingerprint density at radius 2 is 2.43 bits per heavy atom. The van der Waals surface area contributed by atoms with Gasteiger partial charge in [0.05, 0.1) is 0 Å². The van der Waals surface area contributed by atoms with Crippen LogP contribution in [0.2, 0.25) is 0 Å². The van der Waals surface area contributed by atoms with E-state index in [1.165, 1.54) is 27.3 Å². The van der Waals surface area contributed by atoms with Gasteiger partial charge in [-0.1, -0.05) is 0 Å². The molecule has 0 aliphatic carbocycles. The molecule has 0 N–H and O–H groups in total. The van der Waals surface area contributed by atoms with Crippen molar-refractivity contribution in [2.24, 2.45) is 0 Å². The second-order valence-corrected chi connectivity index (χ2v) is 4.79. The van der Waals surface area contributed by atoms with Crippen molar-refractivity contribution in [2.45, 2.75) is 12.8 Å². The molecule has 0 spiro atoms. The molecule has 42 valence electrons. The minimum atomic E-state index is 0.575. The number of alkyl halides is 2. The zero-order chi connectivity index (χ0) is 5.11. The van der Waals surface area contributed by atoms with Gasteiger partial charge >= 0.3 is 55.1 Å². The Bertz CT molecular complexity index is 68.2. The van der Waals surface area contributed by atoms with Gasteiger partial charge in [-0.2, -0.15) is 0 Å². The van der Waals surface area contributed by atoms with Crippen LogP contribution in [0.25, 0.3) is 0 Å². The van der Waals surface area contributed by atoms with Crippen molar-refractivity contribution >= 4 is 0 Å². The van der Waals surface area contributed by atoms with Gasteiger partial charge in [-0.25, -0.2) is 0 Å². The van der Waals surface area contributed by atoms with Crippen molar-refractivity contribution in [3.63, 3.8) is 0 Å². The van der Waals surface area contributed by atoms with E-state index in [1.54, 1.807) is 0 Å². The quantitative estimate of drug-likeness (QED) is 0.257. The summed E-state index contributed by atoms with van der Waals surface area (Å²) in [5.74, 6) is 0. The monoisotopic (exact) mass is 209 g/mol. The standard InChI is InChI=1S/C6H10I/c1-6-3-2-4-7-5-6/h1-5H2/q-1. The zero-order valence-electron chi connectivity index (χ0n) is 4.41. The van der Waals surface area contributed by atoms with Crippen molar-refractivity contribution < 1.29 is 21.2 Å². The van der Waals surface area contributed by atoms with Crippen LogP contribution in [0.1, 0.15) is 12.8 Å². The molecule has 1 fully saturated rings. The van der Waals surface area contributed by atoms with Crippen LogP contribution >= 0.6 is 0 Å². The van der Waals surface area contributed by atoms with Crippen LogP contribution < -0.4 is 21.2 Å². The molecule has 0 radical (unpaired) electrons. The molecule has 0 amide bonds. The van der Waals surface area contributed by atoms with Crippen LogP contribution in [0, 0.1) is 0 Å². The molecule has 1 aliphatic heterocycles. The van der Waals surface area contributed by atoms with E-state index in [2.05, 4.69) is 6.58 Å². The van der Waals surface area contributed by atoms with Crippen molar-refractivity contribution in [3.05, 3.63) is 12.2 Å². The van der Waals surface area contributed by atoms with Crippen molar-refractivity contribution in [2.75, 3.05) is 8.86 Å². The number of allylic oxidation sites excluding steroid dienone is 1. The summed E-state index contributed by atoms with van der Waals surface area (Å²) in [6.07, 6.45) is 2.76. The van der Waals surface area contributed by atoms with Gasteiger partial charge in [0, 0.05) is 0 Å². The fourth-order valence-corrected chi connectivity index (χ4v) is 3.12. The normalized spacial score (nSPS) is 23.7. The summed E-state index contributed by atoms with van der Waals surface area (Å²) in [5.41, 5.74) is 1.51. The van der Waals surface area contributed by atoms with Crippen molar-refractivity contribution in [1.29, 1.82) is 0 Å². The van der Waals surface area contributed by atoms with Crippen molar-refractivity contribution in [1.82, 2.24) is 0 Å². The Morgan fingerprint density at radius 1 is 1.57 bits per heavy atom. The molecule has 0 nitrogen and oxygen atoms in total. The number of rotatable bonds is 0. The third-order valence-electron chi connectivity index (χ3n) is 1.08. The van der Waals surface area contributed by atoms with Gasteiger partial charge in [0.2, 0.25) is 0 Å². The first-order valence-electron chi connectivity index (χ1n) is 2.60. The van der Waals surface area contributed by atoms with Gasteiger partial charge in [0.25, 0.3) is 0 Å². The van der Waals surface area contributed by atoms with Gasteiger partial charge in [0.15, 0.2) is 0 Å². The second kappa shape index (κ2) is 2.70. The fraction of sp³-hybridized carbons (Fsp3) is 0.667. The van der Waals surface area contributed by atoms with E-state index in [4.69, 9.17) is 0 Å². The molecule has 1 aliphatic rings. The molecule has 0 aromatic heterocycles. The fourth-order valence-electron chi connectivity index (χ4n) is 0.679. The van der Waals surface area contributed by atoms with Gasteiger partial charge in [-0.05, 0) is 0 Å². The van der Waals surface area contributed by atoms with Gasteiger partial charge in [-0.15, -0.1) is 0 Å². The third-order valence-corrected chi connectivity index (χ3v) is 4.22. The van der Waals surface area contributed by atoms with Crippen LogP contribution in [-0.4, -0.2) is 8.86 Å². The SMILES string of the molecule is C=C1CCC[I-]C1. The van der Waals surface area contributed by atoms with E-state index in [0.717, 1.165) is 0 Å². The van der Waals surface area contributed by atoms with Crippen LogP contribution in [0.4, 0.5) is 0 Å². The summed E-state index contributed by atoms with van der Waals surface area (Å²) in [4.78, 5) is 0. The van der Waals surface area contributed by atoms with E-state index in [0.29, 0.717) is 21.2 Å². The van der Waals surface area contributed by atoms with Crippen LogP contribution in [0.15, 0.2) is 12.2 Å². The second-order valence-electron chi connectivity index (χ2n) is 1.87. The average molecular weight is 209 g/mol. The predicted octanol–water partition coefficient (Wildman–Crippen LogP) is -1.57. The average Bonchev–Trinajstić information content (AvgIpc) is 1.69. The topological polar surface area (TPSA) is 0 Å². The summed E-state index contributed by atoms with van der Waals surface area (Å²) in [5, 5.41) is 0. The van der Waals surface area contributed by atoms with E-state index in [-0.39, 0.29) is 0 Å². The van der Waals surface area contributed by atoms with E-state index in [9.17, 15) is 0 Å². The van der Waals surface area contributed by atoms with Gasteiger partial charge < -0.3 is 0 Å². The Hall–Kier alpha value is 0.470. The molecule has 0 atom stereocenters. The van der Waals surface area contributed by atoms with E-state index >= 15 is 0 Å². The molecular weight excluding hydrogens is 199 g/mol. The van der Waals surface area contributed by atoms with E-state index < -0.39 is 0 Å². The summed E-state index contributed by atoms with van der Waals surface area (Å²) < 4.78 is 2.94. The molecule has 7 heavy (non-hydrogen) atoms. The van der Waals surface area contributed by atoms with Gasteiger partial charge in [0.1, 0.15) is 0 Å². The van der Waals surface area contributed by atoms with Crippen LogP contribution in [0.3, 0.4) is 0 Å². The first-order chi connectivity index (χ1) is 3.39. The molecule has 1 saturated heterocycles. The summed E-state index contributed by atoms with van der Waals surface area (Å²) in [6.45, 7) is 3.94. The minimum absolute atomic E-state index is 0.575. The Morgan fingerprint density at radius 3 is 2.71 bits per heavy atom. The molecule has 0 aromatic rings. The first-order valence-corrected chi connectivity index (χ1v) is 5.65. The predicted molar refractivity (Wildman–Crippen MR) is 28.1 cm³/mol. The molecule has 1 rings (SSSR count). The third kappa shape index (κ3) is 1.80. The molecule has 1 heteroatoms. The Balaban J connectivity index is 2.25. The molecule has 0 unspecified atom stereocenters. The number of hydrogen-bond donors (Lipinski definition) is 0. The summed E-state index contributed by atoms with van der Waals surface area (Å²) in [7, 11) is 0. The van der Waals surface area contributed by atoms with E-state index in [1.807, 2.05) is 0 Å². The number of halogens is 1. The summed E-state index contributed by atoms with van der Waals surface area (Å²) in [6, 6.07) is 0. The van der Waals surface area contributed by atoms with Crippen LogP contribution in [0.5, 0.6) is 0 Å². The molecular formula is C6H10I-. The molecule has 0 saturated carbocycles. The molecule has 1 heterocycles. The summed E-state index contributed by atoms with van der Waals surface area (Å²) >= 11 is 0.575. The van der Waals surface area contributed by atoms with Crippen molar-refractivity contribution in [3.8, 4) is 0 Å². The first kappa shape index (κ1) is 5.60.